The van der Waals surface area contributed by atoms with Gasteiger partial charge in [0.15, 0.2) is 0 Å². The van der Waals surface area contributed by atoms with Crippen molar-refractivity contribution in [1.29, 1.82) is 5.26 Å². The molecule has 0 amide bonds. The fourth-order valence-corrected chi connectivity index (χ4v) is 3.11. The third-order valence-electron chi connectivity index (χ3n) is 2.73. The standard InChI is InChI=1S/C12H11ClN4O2S/c1-17(8-9-6-15-16-7-9)20(18,19)11-3-2-10(5-14)12(13)4-11/h2-4,6-7H,8H2,1H3,(H,15,16). The number of rotatable bonds is 4. The van der Waals surface area contributed by atoms with E-state index >= 15 is 0 Å². The maximum Gasteiger partial charge on any atom is 0.243 e. The van der Waals surface area contributed by atoms with Crippen LogP contribution in [0.25, 0.3) is 0 Å². The van der Waals surface area contributed by atoms with Gasteiger partial charge in [-0.25, -0.2) is 8.42 Å². The van der Waals surface area contributed by atoms with Crippen LogP contribution in [0.2, 0.25) is 5.02 Å². The van der Waals surface area contributed by atoms with Gasteiger partial charge in [0.2, 0.25) is 10.0 Å². The Balaban J connectivity index is 2.30. The number of H-pyrrole nitrogens is 1. The number of hydrogen-bond acceptors (Lipinski definition) is 4. The summed E-state index contributed by atoms with van der Waals surface area (Å²) >= 11 is 5.86. The highest BCUT2D eigenvalue weighted by molar-refractivity contribution is 7.89. The number of aromatic amines is 1. The lowest BCUT2D eigenvalue weighted by Crippen LogP contribution is -2.26. The normalized spacial score (nSPS) is 11.5. The van der Waals surface area contributed by atoms with Gasteiger partial charge in [0.25, 0.3) is 0 Å². The lowest BCUT2D eigenvalue weighted by Gasteiger charge is -2.16. The predicted octanol–water partition coefficient (Wildman–Crippen LogP) is 1.76. The molecule has 6 nitrogen and oxygen atoms in total. The molecule has 2 rings (SSSR count). The Labute approximate surface area is 121 Å². The molecule has 104 valence electrons. The molecule has 0 bridgehead atoms. The summed E-state index contributed by atoms with van der Waals surface area (Å²) in [5, 5.41) is 15.3. The molecule has 1 aromatic heterocycles. The summed E-state index contributed by atoms with van der Waals surface area (Å²) < 4.78 is 25.9. The maximum atomic E-state index is 12.4. The van der Waals surface area contributed by atoms with Gasteiger partial charge in [-0.15, -0.1) is 0 Å². The minimum atomic E-state index is -3.66. The van der Waals surface area contributed by atoms with Crippen molar-refractivity contribution in [2.24, 2.45) is 0 Å². The van der Waals surface area contributed by atoms with Crippen LogP contribution in [-0.4, -0.2) is 30.0 Å². The summed E-state index contributed by atoms with van der Waals surface area (Å²) in [6, 6.07) is 5.92. The molecule has 0 aliphatic carbocycles. The second-order valence-electron chi connectivity index (χ2n) is 4.12. The first kappa shape index (κ1) is 14.5. The first-order valence-electron chi connectivity index (χ1n) is 5.59. The summed E-state index contributed by atoms with van der Waals surface area (Å²) in [5.74, 6) is 0. The molecule has 1 aromatic carbocycles. The van der Waals surface area contributed by atoms with Gasteiger partial charge < -0.3 is 0 Å². The summed E-state index contributed by atoms with van der Waals surface area (Å²) in [5.41, 5.74) is 0.985. The van der Waals surface area contributed by atoms with E-state index in [0.29, 0.717) is 0 Å². The van der Waals surface area contributed by atoms with Crippen molar-refractivity contribution in [3.05, 3.63) is 46.7 Å². The van der Waals surface area contributed by atoms with Crippen molar-refractivity contribution in [1.82, 2.24) is 14.5 Å². The molecule has 0 atom stereocenters. The van der Waals surface area contributed by atoms with E-state index in [4.69, 9.17) is 16.9 Å². The zero-order valence-corrected chi connectivity index (χ0v) is 12.1. The second-order valence-corrected chi connectivity index (χ2v) is 6.57. The highest BCUT2D eigenvalue weighted by Crippen LogP contribution is 2.23. The number of hydrogen-bond donors (Lipinski definition) is 1. The number of sulfonamides is 1. The van der Waals surface area contributed by atoms with Crippen molar-refractivity contribution in [3.8, 4) is 6.07 Å². The lowest BCUT2D eigenvalue weighted by molar-refractivity contribution is 0.467. The van der Waals surface area contributed by atoms with Crippen molar-refractivity contribution < 1.29 is 8.42 Å². The molecule has 0 aliphatic rings. The number of nitrogens with zero attached hydrogens (tertiary/aromatic N) is 3. The van der Waals surface area contributed by atoms with Crippen molar-refractivity contribution in [3.63, 3.8) is 0 Å². The van der Waals surface area contributed by atoms with Gasteiger partial charge in [-0.3, -0.25) is 5.10 Å². The molecule has 0 saturated heterocycles. The van der Waals surface area contributed by atoms with E-state index in [0.717, 1.165) is 5.56 Å². The minimum absolute atomic E-state index is 0.0486. The van der Waals surface area contributed by atoms with E-state index < -0.39 is 10.0 Å². The SMILES string of the molecule is CN(Cc1cn[nH]c1)S(=O)(=O)c1ccc(C#N)c(Cl)c1. The molecule has 0 radical (unpaired) electrons. The Bertz CT molecular complexity index is 750. The van der Waals surface area contributed by atoms with Gasteiger partial charge in [0.1, 0.15) is 6.07 Å². The van der Waals surface area contributed by atoms with Crippen LogP contribution < -0.4 is 0 Å². The van der Waals surface area contributed by atoms with E-state index in [1.807, 2.05) is 6.07 Å². The second kappa shape index (κ2) is 5.63. The lowest BCUT2D eigenvalue weighted by atomic mass is 10.2. The highest BCUT2D eigenvalue weighted by Gasteiger charge is 2.22. The Morgan fingerprint density at radius 2 is 2.25 bits per heavy atom. The van der Waals surface area contributed by atoms with Crippen LogP contribution in [0.15, 0.2) is 35.5 Å². The van der Waals surface area contributed by atoms with Crippen molar-refractivity contribution in [2.45, 2.75) is 11.4 Å². The third kappa shape index (κ3) is 2.82. The van der Waals surface area contributed by atoms with E-state index in [2.05, 4.69) is 10.2 Å². The number of nitrogens with one attached hydrogen (secondary N) is 1. The summed E-state index contributed by atoms with van der Waals surface area (Å²) in [6.45, 7) is 0.191. The molecule has 0 aliphatic heterocycles. The van der Waals surface area contributed by atoms with Gasteiger partial charge in [-0.1, -0.05) is 11.6 Å². The van der Waals surface area contributed by atoms with Gasteiger partial charge in [-0.05, 0) is 18.2 Å². The number of aromatic nitrogens is 2. The summed E-state index contributed by atoms with van der Waals surface area (Å²) in [7, 11) is -2.20. The average Bonchev–Trinajstić information content (AvgIpc) is 2.91. The zero-order valence-electron chi connectivity index (χ0n) is 10.5. The zero-order chi connectivity index (χ0) is 14.8. The predicted molar refractivity (Wildman–Crippen MR) is 73.4 cm³/mol. The molecule has 2 aromatic rings. The Morgan fingerprint density at radius 3 is 2.80 bits per heavy atom. The molecule has 20 heavy (non-hydrogen) atoms. The molecule has 0 fully saturated rings. The molecular weight excluding hydrogens is 300 g/mol. The van der Waals surface area contributed by atoms with Gasteiger partial charge >= 0.3 is 0 Å². The van der Waals surface area contributed by atoms with E-state index in [9.17, 15) is 8.42 Å². The molecule has 0 spiro atoms. The molecule has 1 N–H and O–H groups in total. The molecular formula is C12H11ClN4O2S. The fourth-order valence-electron chi connectivity index (χ4n) is 1.63. The fraction of sp³-hybridized carbons (Fsp3) is 0.167. The Morgan fingerprint density at radius 1 is 1.50 bits per heavy atom. The summed E-state index contributed by atoms with van der Waals surface area (Å²) in [6.07, 6.45) is 3.18. The quantitative estimate of drug-likeness (QED) is 0.931. The average molecular weight is 311 g/mol. The van der Waals surface area contributed by atoms with Crippen LogP contribution >= 0.6 is 11.6 Å². The molecule has 0 saturated carbocycles. The van der Waals surface area contributed by atoms with Gasteiger partial charge in [-0.2, -0.15) is 14.7 Å². The number of benzene rings is 1. The van der Waals surface area contributed by atoms with E-state index in [1.165, 1.54) is 29.6 Å². The topological polar surface area (TPSA) is 89.8 Å². The van der Waals surface area contributed by atoms with Crippen LogP contribution in [0.4, 0.5) is 0 Å². The smallest absolute Gasteiger partial charge is 0.243 e. The molecule has 0 unspecified atom stereocenters. The van der Waals surface area contributed by atoms with E-state index in [1.54, 1.807) is 12.4 Å². The number of halogens is 1. The molecule has 1 heterocycles. The van der Waals surface area contributed by atoms with Crippen LogP contribution in [0, 0.1) is 11.3 Å². The van der Waals surface area contributed by atoms with Crippen LogP contribution in [0.5, 0.6) is 0 Å². The monoisotopic (exact) mass is 310 g/mol. The molecule has 8 heteroatoms. The van der Waals surface area contributed by atoms with Crippen molar-refractivity contribution >= 4 is 21.6 Å². The summed E-state index contributed by atoms with van der Waals surface area (Å²) in [4.78, 5) is 0.0486. The largest absolute Gasteiger partial charge is 0.285 e. The Hall–Kier alpha value is -1.88. The van der Waals surface area contributed by atoms with Crippen LogP contribution in [0.3, 0.4) is 0 Å². The first-order valence-corrected chi connectivity index (χ1v) is 7.40. The maximum absolute atomic E-state index is 12.4. The minimum Gasteiger partial charge on any atom is -0.285 e. The highest BCUT2D eigenvalue weighted by atomic mass is 35.5. The third-order valence-corrected chi connectivity index (χ3v) is 4.84. The van der Waals surface area contributed by atoms with Crippen LogP contribution in [0.1, 0.15) is 11.1 Å². The van der Waals surface area contributed by atoms with Crippen molar-refractivity contribution in [2.75, 3.05) is 7.05 Å². The number of nitriles is 1. The van der Waals surface area contributed by atoms with Crippen LogP contribution in [-0.2, 0) is 16.6 Å². The van der Waals surface area contributed by atoms with Gasteiger partial charge in [0.05, 0.1) is 21.7 Å². The van der Waals surface area contributed by atoms with E-state index in [-0.39, 0.29) is 22.0 Å². The van der Waals surface area contributed by atoms with Gasteiger partial charge in [0, 0.05) is 25.4 Å². The first-order chi connectivity index (χ1) is 9.45. The Kier molecular flexibility index (Phi) is 4.09.